The highest BCUT2D eigenvalue weighted by atomic mass is 79.9. The van der Waals surface area contributed by atoms with Crippen molar-refractivity contribution in [3.63, 3.8) is 0 Å². The summed E-state index contributed by atoms with van der Waals surface area (Å²) in [6, 6.07) is 0.843. The van der Waals surface area contributed by atoms with Crippen molar-refractivity contribution in [3.05, 3.63) is 28.2 Å². The van der Waals surface area contributed by atoms with Crippen molar-refractivity contribution in [2.24, 2.45) is 0 Å². The maximum atomic E-state index is 13.3. The number of carbonyl (C=O) groups is 2. The van der Waals surface area contributed by atoms with Crippen LogP contribution in [0.2, 0.25) is 0 Å². The van der Waals surface area contributed by atoms with E-state index in [1.54, 1.807) is 0 Å². The lowest BCUT2D eigenvalue weighted by molar-refractivity contribution is -0.136. The number of halogens is 3. The fraction of sp³-hybridized carbons (Fsp3) is 0.200. The molecule has 0 aliphatic heterocycles. The second-order valence-corrected chi connectivity index (χ2v) is 4.12. The van der Waals surface area contributed by atoms with Crippen LogP contribution in [0.15, 0.2) is 16.6 Å². The molecule has 0 fully saturated rings. The molecular formula is C10H9BrF2N2O3. The summed E-state index contributed by atoms with van der Waals surface area (Å²) in [5.41, 5.74) is -0.218. The summed E-state index contributed by atoms with van der Waals surface area (Å²) in [4.78, 5) is 21.5. The molecule has 3 N–H and O–H groups in total. The maximum Gasteiger partial charge on any atom is 0.319 e. The summed E-state index contributed by atoms with van der Waals surface area (Å²) in [5.74, 6) is -2.78. The molecule has 0 saturated heterocycles. The van der Waals surface area contributed by atoms with E-state index >= 15 is 0 Å². The first kappa shape index (κ1) is 14.4. The van der Waals surface area contributed by atoms with Gasteiger partial charge in [0.25, 0.3) is 0 Å². The molecule has 1 aromatic rings. The third kappa shape index (κ3) is 4.28. The van der Waals surface area contributed by atoms with Crippen LogP contribution in [0.3, 0.4) is 0 Å². The lowest BCUT2D eigenvalue weighted by Crippen LogP contribution is -2.31. The number of benzene rings is 1. The molecule has 2 amide bonds. The first-order valence-corrected chi connectivity index (χ1v) is 5.60. The summed E-state index contributed by atoms with van der Waals surface area (Å²) >= 11 is 2.90. The van der Waals surface area contributed by atoms with Gasteiger partial charge in [-0.3, -0.25) is 4.79 Å². The van der Waals surface area contributed by atoms with Gasteiger partial charge in [0.15, 0.2) is 5.82 Å². The Labute approximate surface area is 109 Å². The van der Waals surface area contributed by atoms with E-state index in [0.717, 1.165) is 6.07 Å². The molecule has 1 aromatic carbocycles. The van der Waals surface area contributed by atoms with E-state index in [9.17, 15) is 18.4 Å². The topological polar surface area (TPSA) is 78.4 Å². The lowest BCUT2D eigenvalue weighted by Gasteiger charge is -2.09. The van der Waals surface area contributed by atoms with E-state index < -0.39 is 23.6 Å². The third-order valence-electron chi connectivity index (χ3n) is 1.87. The Bertz CT molecular complexity index is 459. The molecule has 0 spiro atoms. The molecule has 0 aliphatic carbocycles. The second-order valence-electron chi connectivity index (χ2n) is 3.27. The van der Waals surface area contributed by atoms with Crippen LogP contribution in [0.5, 0.6) is 0 Å². The smallest absolute Gasteiger partial charge is 0.319 e. The zero-order valence-electron chi connectivity index (χ0n) is 8.97. The van der Waals surface area contributed by atoms with Crippen LogP contribution < -0.4 is 10.6 Å². The van der Waals surface area contributed by atoms with E-state index in [-0.39, 0.29) is 23.1 Å². The first-order valence-electron chi connectivity index (χ1n) is 4.81. The van der Waals surface area contributed by atoms with Crippen LogP contribution >= 0.6 is 15.9 Å². The molecule has 8 heteroatoms. The highest BCUT2D eigenvalue weighted by molar-refractivity contribution is 9.10. The summed E-state index contributed by atoms with van der Waals surface area (Å²) in [6.07, 6.45) is -0.250. The van der Waals surface area contributed by atoms with Gasteiger partial charge in [-0.25, -0.2) is 13.6 Å². The van der Waals surface area contributed by atoms with Crippen molar-refractivity contribution in [1.29, 1.82) is 0 Å². The number of carboxylic acid groups (broad SMARTS) is 1. The summed E-state index contributed by atoms with van der Waals surface area (Å²) in [7, 11) is 0. The van der Waals surface area contributed by atoms with Crippen molar-refractivity contribution < 1.29 is 23.5 Å². The van der Waals surface area contributed by atoms with Gasteiger partial charge < -0.3 is 15.7 Å². The minimum atomic E-state index is -1.07. The van der Waals surface area contributed by atoms with Crippen LogP contribution in [-0.2, 0) is 4.79 Å². The third-order valence-corrected chi connectivity index (χ3v) is 2.50. The lowest BCUT2D eigenvalue weighted by atomic mass is 10.3. The number of carbonyl (C=O) groups excluding carboxylic acids is 1. The van der Waals surface area contributed by atoms with Crippen molar-refractivity contribution >= 4 is 33.6 Å². The number of amides is 2. The quantitative estimate of drug-likeness (QED) is 0.796. The minimum Gasteiger partial charge on any atom is -0.481 e. The first-order chi connectivity index (χ1) is 8.40. The van der Waals surface area contributed by atoms with Gasteiger partial charge in [-0.05, 0) is 22.0 Å². The molecule has 98 valence electrons. The van der Waals surface area contributed by atoms with Crippen LogP contribution in [0.1, 0.15) is 6.42 Å². The number of urea groups is 1. The molecule has 0 bridgehead atoms. The molecule has 5 nitrogen and oxygen atoms in total. The van der Waals surface area contributed by atoms with Gasteiger partial charge >= 0.3 is 12.0 Å². The van der Waals surface area contributed by atoms with E-state index in [1.807, 2.05) is 0 Å². The molecule has 0 radical (unpaired) electrons. The molecule has 0 aromatic heterocycles. The minimum absolute atomic E-state index is 0.0494. The number of nitrogens with one attached hydrogen (secondary N) is 2. The standard InChI is InChI=1S/C10H9BrF2N2O3/c11-6-3-5(12)4-7(13)9(6)15-10(18)14-2-1-8(16)17/h3-4H,1-2H2,(H,16,17)(H2,14,15,18). The SMILES string of the molecule is O=C(O)CCNC(=O)Nc1c(F)cc(F)cc1Br. The van der Waals surface area contributed by atoms with Gasteiger partial charge in [0.2, 0.25) is 0 Å². The number of anilines is 1. The van der Waals surface area contributed by atoms with Gasteiger partial charge in [0.1, 0.15) is 5.82 Å². The molecule has 0 atom stereocenters. The Morgan fingerprint density at radius 1 is 1.33 bits per heavy atom. The Hall–Kier alpha value is -1.70. The van der Waals surface area contributed by atoms with Crippen LogP contribution in [-0.4, -0.2) is 23.7 Å². The number of rotatable bonds is 4. The highest BCUT2D eigenvalue weighted by Gasteiger charge is 2.12. The van der Waals surface area contributed by atoms with Crippen LogP contribution in [0, 0.1) is 11.6 Å². The summed E-state index contributed by atoms with van der Waals surface area (Å²) in [6.45, 7) is -0.0956. The molecular weight excluding hydrogens is 314 g/mol. The van der Waals surface area contributed by atoms with E-state index in [4.69, 9.17) is 5.11 Å². The molecule has 1 rings (SSSR count). The van der Waals surface area contributed by atoms with Crippen LogP contribution in [0.4, 0.5) is 19.3 Å². The largest absolute Gasteiger partial charge is 0.481 e. The number of aliphatic carboxylic acids is 1. The maximum absolute atomic E-state index is 13.3. The fourth-order valence-electron chi connectivity index (χ4n) is 1.10. The van der Waals surface area contributed by atoms with Gasteiger partial charge in [0.05, 0.1) is 12.1 Å². The van der Waals surface area contributed by atoms with Crippen molar-refractivity contribution in [3.8, 4) is 0 Å². The number of hydrogen-bond donors (Lipinski definition) is 3. The average Bonchev–Trinajstić information content (AvgIpc) is 2.22. The molecule has 0 saturated carbocycles. The predicted octanol–water partition coefficient (Wildman–Crippen LogP) is 2.32. The zero-order chi connectivity index (χ0) is 13.7. The van der Waals surface area contributed by atoms with Gasteiger partial charge in [0, 0.05) is 17.1 Å². The van der Waals surface area contributed by atoms with E-state index in [1.165, 1.54) is 0 Å². The second kappa shape index (κ2) is 6.29. The van der Waals surface area contributed by atoms with Crippen molar-refractivity contribution in [2.75, 3.05) is 11.9 Å². The van der Waals surface area contributed by atoms with Gasteiger partial charge in [-0.1, -0.05) is 0 Å². The Balaban J connectivity index is 2.62. The highest BCUT2D eigenvalue weighted by Crippen LogP contribution is 2.26. The molecule has 0 unspecified atom stereocenters. The summed E-state index contributed by atoms with van der Waals surface area (Å²) < 4.78 is 26.1. The normalized spacial score (nSPS) is 9.94. The molecule has 18 heavy (non-hydrogen) atoms. The Morgan fingerprint density at radius 2 is 2.00 bits per heavy atom. The fourth-order valence-corrected chi connectivity index (χ4v) is 1.61. The van der Waals surface area contributed by atoms with Crippen LogP contribution in [0.25, 0.3) is 0 Å². The van der Waals surface area contributed by atoms with Gasteiger partial charge in [-0.15, -0.1) is 0 Å². The molecule has 0 heterocycles. The predicted molar refractivity (Wildman–Crippen MR) is 63.3 cm³/mol. The Morgan fingerprint density at radius 3 is 2.56 bits per heavy atom. The van der Waals surface area contributed by atoms with Gasteiger partial charge in [-0.2, -0.15) is 0 Å². The van der Waals surface area contributed by atoms with Crippen molar-refractivity contribution in [1.82, 2.24) is 5.32 Å². The van der Waals surface area contributed by atoms with Crippen molar-refractivity contribution in [2.45, 2.75) is 6.42 Å². The van der Waals surface area contributed by atoms with E-state index in [2.05, 4.69) is 26.6 Å². The average molecular weight is 323 g/mol. The molecule has 0 aliphatic rings. The van der Waals surface area contributed by atoms with E-state index in [0.29, 0.717) is 6.07 Å². The number of hydrogen-bond acceptors (Lipinski definition) is 2. The Kier molecular flexibility index (Phi) is 5.02. The monoisotopic (exact) mass is 322 g/mol. The summed E-state index contributed by atoms with van der Waals surface area (Å²) in [5, 5.41) is 12.7. The number of carboxylic acids is 1. The zero-order valence-corrected chi connectivity index (χ0v) is 10.6.